The van der Waals surface area contributed by atoms with Gasteiger partial charge in [-0.3, -0.25) is 0 Å². The average molecular weight is 254 g/mol. The molecule has 2 atom stereocenters. The van der Waals surface area contributed by atoms with Crippen LogP contribution in [-0.2, 0) is 4.79 Å². The summed E-state index contributed by atoms with van der Waals surface area (Å²) in [6.45, 7) is 2.15. The van der Waals surface area contributed by atoms with Crippen LogP contribution in [0.1, 0.15) is 31.6 Å². The molecule has 9 nitrogen and oxygen atoms in total. The predicted octanol–water partition coefficient (Wildman–Crippen LogP) is -0.481. The van der Waals surface area contributed by atoms with E-state index in [4.69, 9.17) is 5.11 Å². The second-order valence-electron chi connectivity index (χ2n) is 4.13. The number of rotatable bonds is 3. The molecule has 0 spiro atoms. The summed E-state index contributed by atoms with van der Waals surface area (Å²) in [5, 5.41) is 24.8. The molecular formula is C9H14N6O3. The number of nitrogens with zero attached hydrogens (tertiary/aromatic N) is 4. The van der Waals surface area contributed by atoms with Crippen LogP contribution in [0.15, 0.2) is 0 Å². The van der Waals surface area contributed by atoms with Gasteiger partial charge in [0.05, 0.1) is 6.04 Å². The first-order valence-electron chi connectivity index (χ1n) is 5.63. The van der Waals surface area contributed by atoms with E-state index < -0.39 is 24.1 Å². The number of hydrogen-bond donors (Lipinski definition) is 3. The molecule has 98 valence electrons. The predicted molar refractivity (Wildman–Crippen MR) is 58.5 cm³/mol. The van der Waals surface area contributed by atoms with E-state index in [1.807, 2.05) is 0 Å². The maximum absolute atomic E-state index is 11.9. The van der Waals surface area contributed by atoms with Gasteiger partial charge in [0.1, 0.15) is 6.04 Å². The van der Waals surface area contributed by atoms with Crippen LogP contribution in [0, 0.1) is 0 Å². The number of aromatic nitrogens is 4. The zero-order valence-corrected chi connectivity index (χ0v) is 9.83. The van der Waals surface area contributed by atoms with Gasteiger partial charge < -0.3 is 15.3 Å². The summed E-state index contributed by atoms with van der Waals surface area (Å²) in [5.74, 6) is -0.621. The number of carbonyl (C=O) groups excluding carboxylic acids is 1. The molecule has 2 heterocycles. The van der Waals surface area contributed by atoms with Crippen molar-refractivity contribution in [1.82, 2.24) is 30.8 Å². The van der Waals surface area contributed by atoms with Crippen molar-refractivity contribution in [2.24, 2.45) is 0 Å². The zero-order valence-electron chi connectivity index (χ0n) is 9.83. The maximum Gasteiger partial charge on any atom is 0.326 e. The van der Waals surface area contributed by atoms with E-state index in [0.29, 0.717) is 25.2 Å². The number of hydrogen-bond acceptors (Lipinski definition) is 5. The summed E-state index contributed by atoms with van der Waals surface area (Å²) in [7, 11) is 0. The van der Waals surface area contributed by atoms with Crippen molar-refractivity contribution < 1.29 is 14.7 Å². The van der Waals surface area contributed by atoms with Crippen molar-refractivity contribution in [1.29, 1.82) is 0 Å². The number of carboxylic acid groups (broad SMARTS) is 1. The molecule has 0 bridgehead atoms. The van der Waals surface area contributed by atoms with Gasteiger partial charge in [-0.1, -0.05) is 5.21 Å². The Balaban J connectivity index is 1.97. The van der Waals surface area contributed by atoms with Gasteiger partial charge in [0.15, 0.2) is 5.82 Å². The lowest BCUT2D eigenvalue weighted by Gasteiger charge is -2.23. The number of aliphatic carboxylic acids is 1. The van der Waals surface area contributed by atoms with E-state index in [9.17, 15) is 9.59 Å². The minimum Gasteiger partial charge on any atom is -0.480 e. The summed E-state index contributed by atoms with van der Waals surface area (Å²) < 4.78 is 0. The number of H-pyrrole nitrogens is 1. The summed E-state index contributed by atoms with van der Waals surface area (Å²) in [5.41, 5.74) is 0. The van der Waals surface area contributed by atoms with E-state index in [1.165, 1.54) is 4.90 Å². The van der Waals surface area contributed by atoms with Gasteiger partial charge in [-0.15, -0.1) is 10.2 Å². The van der Waals surface area contributed by atoms with Crippen molar-refractivity contribution in [2.45, 2.75) is 31.8 Å². The number of likely N-dealkylation sites (tertiary alicyclic amines) is 1. The van der Waals surface area contributed by atoms with E-state index in [0.717, 1.165) is 0 Å². The second-order valence-corrected chi connectivity index (χ2v) is 4.13. The minimum atomic E-state index is -0.977. The Bertz CT molecular complexity index is 434. The normalized spacial score (nSPS) is 20.7. The summed E-state index contributed by atoms with van der Waals surface area (Å²) in [4.78, 5) is 24.2. The Kier molecular flexibility index (Phi) is 3.40. The molecule has 0 aromatic carbocycles. The molecule has 9 heteroatoms. The number of carbonyl (C=O) groups is 2. The molecule has 2 amide bonds. The van der Waals surface area contributed by atoms with E-state index >= 15 is 0 Å². The summed E-state index contributed by atoms with van der Waals surface area (Å²) in [6.07, 6.45) is 1.18. The fourth-order valence-corrected chi connectivity index (χ4v) is 1.95. The third kappa shape index (κ3) is 2.39. The van der Waals surface area contributed by atoms with E-state index in [-0.39, 0.29) is 0 Å². The largest absolute Gasteiger partial charge is 0.480 e. The fraction of sp³-hybridized carbons (Fsp3) is 0.667. The van der Waals surface area contributed by atoms with Crippen LogP contribution in [0.25, 0.3) is 0 Å². The second kappa shape index (κ2) is 4.98. The van der Waals surface area contributed by atoms with Gasteiger partial charge in [-0.05, 0) is 19.8 Å². The van der Waals surface area contributed by atoms with Crippen molar-refractivity contribution in [3.05, 3.63) is 5.82 Å². The Morgan fingerprint density at radius 2 is 2.39 bits per heavy atom. The Morgan fingerprint density at radius 1 is 1.61 bits per heavy atom. The van der Waals surface area contributed by atoms with Crippen LogP contribution >= 0.6 is 0 Å². The van der Waals surface area contributed by atoms with Crippen molar-refractivity contribution in [2.75, 3.05) is 6.54 Å². The van der Waals surface area contributed by atoms with Gasteiger partial charge >= 0.3 is 12.0 Å². The smallest absolute Gasteiger partial charge is 0.326 e. The molecule has 1 unspecified atom stereocenters. The molecule has 1 aromatic heterocycles. The summed E-state index contributed by atoms with van der Waals surface area (Å²) in [6, 6.07) is -1.59. The van der Waals surface area contributed by atoms with Crippen LogP contribution in [0.4, 0.5) is 4.79 Å². The van der Waals surface area contributed by atoms with Gasteiger partial charge in [0.2, 0.25) is 0 Å². The summed E-state index contributed by atoms with van der Waals surface area (Å²) >= 11 is 0. The Morgan fingerprint density at radius 3 is 3.00 bits per heavy atom. The van der Waals surface area contributed by atoms with Crippen LogP contribution in [0.3, 0.4) is 0 Å². The van der Waals surface area contributed by atoms with Crippen LogP contribution in [0.5, 0.6) is 0 Å². The van der Waals surface area contributed by atoms with E-state index in [2.05, 4.69) is 25.9 Å². The molecule has 1 aliphatic rings. The first kappa shape index (κ1) is 12.3. The number of tetrazole rings is 1. The van der Waals surface area contributed by atoms with Gasteiger partial charge in [-0.2, -0.15) is 5.21 Å². The van der Waals surface area contributed by atoms with Crippen LogP contribution < -0.4 is 5.32 Å². The van der Waals surface area contributed by atoms with Crippen molar-refractivity contribution in [3.63, 3.8) is 0 Å². The highest BCUT2D eigenvalue weighted by Gasteiger charge is 2.34. The standard InChI is InChI=1S/C9H14N6O3/c1-5(7-11-13-14-12-7)10-9(18)15-4-2-3-6(15)8(16)17/h5-6H,2-4H2,1H3,(H,10,18)(H,16,17)(H,11,12,13,14)/t5?,6-/m0/s1. The zero-order chi connectivity index (χ0) is 13.1. The van der Waals surface area contributed by atoms with Crippen LogP contribution in [0.2, 0.25) is 0 Å². The van der Waals surface area contributed by atoms with Gasteiger partial charge in [0.25, 0.3) is 0 Å². The lowest BCUT2D eigenvalue weighted by Crippen LogP contribution is -2.46. The highest BCUT2D eigenvalue weighted by Crippen LogP contribution is 2.18. The maximum atomic E-state index is 11.9. The minimum absolute atomic E-state index is 0.356. The van der Waals surface area contributed by atoms with Crippen molar-refractivity contribution in [3.8, 4) is 0 Å². The molecule has 0 radical (unpaired) electrons. The molecule has 1 aliphatic heterocycles. The monoisotopic (exact) mass is 254 g/mol. The Hall–Kier alpha value is -2.19. The topological polar surface area (TPSA) is 124 Å². The first-order valence-corrected chi connectivity index (χ1v) is 5.63. The van der Waals surface area contributed by atoms with E-state index in [1.54, 1.807) is 6.92 Å². The fourth-order valence-electron chi connectivity index (χ4n) is 1.95. The average Bonchev–Trinajstić information content (AvgIpc) is 3.00. The number of amides is 2. The molecule has 1 saturated heterocycles. The van der Waals surface area contributed by atoms with Gasteiger partial charge in [-0.25, -0.2) is 9.59 Å². The SMILES string of the molecule is CC(NC(=O)N1CCC[C@H]1C(=O)O)c1nn[nH]n1. The molecule has 2 rings (SSSR count). The molecule has 0 aliphatic carbocycles. The number of carboxylic acids is 1. The van der Waals surface area contributed by atoms with Crippen LogP contribution in [-0.4, -0.2) is 55.2 Å². The van der Waals surface area contributed by atoms with Crippen molar-refractivity contribution >= 4 is 12.0 Å². The molecule has 0 saturated carbocycles. The lowest BCUT2D eigenvalue weighted by molar-refractivity contribution is -0.141. The lowest BCUT2D eigenvalue weighted by atomic mass is 10.2. The molecule has 1 aromatic rings. The Labute approximate surface area is 103 Å². The highest BCUT2D eigenvalue weighted by molar-refractivity contribution is 5.83. The molecule has 3 N–H and O–H groups in total. The third-order valence-corrected chi connectivity index (χ3v) is 2.89. The molecule has 1 fully saturated rings. The number of aromatic amines is 1. The molecular weight excluding hydrogens is 240 g/mol. The molecule has 18 heavy (non-hydrogen) atoms. The quantitative estimate of drug-likeness (QED) is 0.669. The van der Waals surface area contributed by atoms with Gasteiger partial charge in [0, 0.05) is 6.54 Å². The number of nitrogens with one attached hydrogen (secondary N) is 2. The third-order valence-electron chi connectivity index (χ3n) is 2.89. The number of urea groups is 1. The highest BCUT2D eigenvalue weighted by atomic mass is 16.4. The first-order chi connectivity index (χ1) is 8.59.